The fourth-order valence-electron chi connectivity index (χ4n) is 3.84. The maximum absolute atomic E-state index is 13.0. The van der Waals surface area contributed by atoms with Gasteiger partial charge in [-0.3, -0.25) is 9.59 Å². The molecule has 4 nitrogen and oxygen atoms in total. The summed E-state index contributed by atoms with van der Waals surface area (Å²) < 4.78 is 5.59. The Hall–Kier alpha value is -2.62. The summed E-state index contributed by atoms with van der Waals surface area (Å²) in [5.74, 6) is 0.965. The Labute approximate surface area is 161 Å². The van der Waals surface area contributed by atoms with E-state index in [0.29, 0.717) is 43.9 Å². The summed E-state index contributed by atoms with van der Waals surface area (Å²) in [6.45, 7) is 3.24. The lowest BCUT2D eigenvalue weighted by molar-refractivity contribution is -0.137. The minimum atomic E-state index is -0.464. The van der Waals surface area contributed by atoms with Crippen LogP contribution in [-0.4, -0.2) is 36.3 Å². The van der Waals surface area contributed by atoms with E-state index in [-0.39, 0.29) is 12.5 Å². The quantitative estimate of drug-likeness (QED) is 0.745. The van der Waals surface area contributed by atoms with Crippen LogP contribution in [0.25, 0.3) is 0 Å². The standard InChI is InChI=1S/C23H27NO3/c1-2-9-21(25)23(19-10-5-3-6-11-19)14-16-24(17-15-23)22(26)18-27-20-12-7-4-8-13-20/h3-8,10-13H,2,9,14-18H2,1H3. The Morgan fingerprint density at radius 3 is 2.15 bits per heavy atom. The molecule has 142 valence electrons. The van der Waals surface area contributed by atoms with Crippen molar-refractivity contribution >= 4 is 11.7 Å². The molecule has 1 saturated heterocycles. The van der Waals surface area contributed by atoms with E-state index in [2.05, 4.69) is 0 Å². The maximum atomic E-state index is 13.0. The van der Waals surface area contributed by atoms with Crippen molar-refractivity contribution < 1.29 is 14.3 Å². The van der Waals surface area contributed by atoms with Gasteiger partial charge in [-0.25, -0.2) is 0 Å². The number of carbonyl (C=O) groups excluding carboxylic acids is 2. The number of Topliss-reactive ketones (excluding diaryl/α,β-unsaturated/α-hetero) is 1. The van der Waals surface area contributed by atoms with Crippen LogP contribution in [0.3, 0.4) is 0 Å². The summed E-state index contributed by atoms with van der Waals surface area (Å²) in [5, 5.41) is 0. The number of para-hydroxylation sites is 1. The number of hydrogen-bond donors (Lipinski definition) is 0. The molecule has 3 rings (SSSR count). The van der Waals surface area contributed by atoms with Gasteiger partial charge in [-0.05, 0) is 37.0 Å². The Kier molecular flexibility index (Phi) is 6.28. The smallest absolute Gasteiger partial charge is 0.260 e. The fourth-order valence-corrected chi connectivity index (χ4v) is 3.84. The van der Waals surface area contributed by atoms with Crippen LogP contribution in [0.1, 0.15) is 38.2 Å². The van der Waals surface area contributed by atoms with Crippen LogP contribution in [0, 0.1) is 0 Å². The zero-order chi connectivity index (χ0) is 19.1. The number of ketones is 1. The van der Waals surface area contributed by atoms with E-state index in [0.717, 1.165) is 12.0 Å². The molecular formula is C23H27NO3. The molecule has 0 atom stereocenters. The van der Waals surface area contributed by atoms with Gasteiger partial charge in [0.2, 0.25) is 0 Å². The molecule has 1 aliphatic heterocycles. The van der Waals surface area contributed by atoms with Crippen LogP contribution in [-0.2, 0) is 15.0 Å². The first-order chi connectivity index (χ1) is 13.2. The number of piperidine rings is 1. The second-order valence-corrected chi connectivity index (χ2v) is 7.10. The Bertz CT molecular complexity index is 750. The molecule has 27 heavy (non-hydrogen) atoms. The van der Waals surface area contributed by atoms with Gasteiger partial charge in [-0.15, -0.1) is 0 Å². The molecule has 1 aliphatic rings. The Balaban J connectivity index is 1.65. The van der Waals surface area contributed by atoms with Gasteiger partial charge in [-0.1, -0.05) is 55.5 Å². The highest BCUT2D eigenvalue weighted by Gasteiger charge is 2.42. The average Bonchev–Trinajstić information content (AvgIpc) is 2.73. The molecule has 0 saturated carbocycles. The lowest BCUT2D eigenvalue weighted by atomic mass is 9.68. The van der Waals surface area contributed by atoms with Gasteiger partial charge >= 0.3 is 0 Å². The summed E-state index contributed by atoms with van der Waals surface area (Å²) in [7, 11) is 0. The number of likely N-dealkylation sites (tertiary alicyclic amines) is 1. The Morgan fingerprint density at radius 1 is 0.963 bits per heavy atom. The van der Waals surface area contributed by atoms with Crippen LogP contribution in [0.2, 0.25) is 0 Å². The maximum Gasteiger partial charge on any atom is 0.260 e. The monoisotopic (exact) mass is 365 g/mol. The van der Waals surface area contributed by atoms with Crippen molar-refractivity contribution in [3.05, 3.63) is 66.2 Å². The first-order valence-corrected chi connectivity index (χ1v) is 9.70. The molecular weight excluding hydrogens is 338 g/mol. The molecule has 2 aromatic rings. The third-order valence-electron chi connectivity index (χ3n) is 5.41. The van der Waals surface area contributed by atoms with Crippen molar-refractivity contribution in [3.63, 3.8) is 0 Å². The highest BCUT2D eigenvalue weighted by molar-refractivity contribution is 5.90. The lowest BCUT2D eigenvalue weighted by Crippen LogP contribution is -2.50. The number of amides is 1. The topological polar surface area (TPSA) is 46.6 Å². The van der Waals surface area contributed by atoms with Crippen molar-refractivity contribution in [1.82, 2.24) is 4.90 Å². The SMILES string of the molecule is CCCC(=O)C1(c2ccccc2)CCN(C(=O)COc2ccccc2)CC1. The highest BCUT2D eigenvalue weighted by Crippen LogP contribution is 2.37. The van der Waals surface area contributed by atoms with Crippen molar-refractivity contribution in [2.45, 2.75) is 38.0 Å². The lowest BCUT2D eigenvalue weighted by Gasteiger charge is -2.41. The van der Waals surface area contributed by atoms with Gasteiger partial charge in [0.1, 0.15) is 11.5 Å². The second-order valence-electron chi connectivity index (χ2n) is 7.10. The van der Waals surface area contributed by atoms with E-state index in [1.807, 2.05) is 72.5 Å². The van der Waals surface area contributed by atoms with E-state index in [1.165, 1.54) is 0 Å². The third kappa shape index (κ3) is 4.38. The molecule has 0 unspecified atom stereocenters. The molecule has 0 aliphatic carbocycles. The molecule has 0 N–H and O–H groups in total. The predicted molar refractivity (Wildman–Crippen MR) is 106 cm³/mol. The highest BCUT2D eigenvalue weighted by atomic mass is 16.5. The van der Waals surface area contributed by atoms with E-state index < -0.39 is 5.41 Å². The van der Waals surface area contributed by atoms with Crippen LogP contribution in [0.4, 0.5) is 0 Å². The molecule has 0 radical (unpaired) electrons. The second kappa shape index (κ2) is 8.85. The largest absolute Gasteiger partial charge is 0.484 e. The van der Waals surface area contributed by atoms with Gasteiger partial charge in [0.25, 0.3) is 5.91 Å². The van der Waals surface area contributed by atoms with Gasteiger partial charge < -0.3 is 9.64 Å². The minimum Gasteiger partial charge on any atom is -0.484 e. The number of nitrogens with zero attached hydrogens (tertiary/aromatic N) is 1. The number of ether oxygens (including phenoxy) is 1. The van der Waals surface area contributed by atoms with Crippen LogP contribution in [0.5, 0.6) is 5.75 Å². The van der Waals surface area contributed by atoms with Crippen LogP contribution in [0.15, 0.2) is 60.7 Å². The normalized spacial score (nSPS) is 16.0. The van der Waals surface area contributed by atoms with Crippen molar-refractivity contribution in [2.75, 3.05) is 19.7 Å². The van der Waals surface area contributed by atoms with Crippen molar-refractivity contribution in [3.8, 4) is 5.75 Å². The zero-order valence-electron chi connectivity index (χ0n) is 15.9. The number of carbonyl (C=O) groups is 2. The van der Waals surface area contributed by atoms with E-state index in [9.17, 15) is 9.59 Å². The molecule has 1 amide bonds. The Morgan fingerprint density at radius 2 is 1.56 bits per heavy atom. The summed E-state index contributed by atoms with van der Waals surface area (Å²) in [6, 6.07) is 19.4. The van der Waals surface area contributed by atoms with E-state index in [1.54, 1.807) is 0 Å². The van der Waals surface area contributed by atoms with Gasteiger partial charge in [0.05, 0.1) is 5.41 Å². The van der Waals surface area contributed by atoms with Crippen molar-refractivity contribution in [2.24, 2.45) is 0 Å². The molecule has 2 aromatic carbocycles. The van der Waals surface area contributed by atoms with Gasteiger partial charge in [0, 0.05) is 19.5 Å². The predicted octanol–water partition coefficient (Wildman–Crippen LogP) is 4.00. The van der Waals surface area contributed by atoms with Crippen LogP contribution >= 0.6 is 0 Å². The number of hydrogen-bond acceptors (Lipinski definition) is 3. The fraction of sp³-hybridized carbons (Fsp3) is 0.391. The first-order valence-electron chi connectivity index (χ1n) is 9.70. The molecule has 4 heteroatoms. The minimum absolute atomic E-state index is 0.0246. The third-order valence-corrected chi connectivity index (χ3v) is 5.41. The molecule has 0 aromatic heterocycles. The molecule has 0 bridgehead atoms. The molecule has 0 spiro atoms. The van der Waals surface area contributed by atoms with Crippen LogP contribution < -0.4 is 4.74 Å². The van der Waals surface area contributed by atoms with Gasteiger partial charge in [-0.2, -0.15) is 0 Å². The number of benzene rings is 2. The molecule has 1 heterocycles. The number of rotatable bonds is 7. The van der Waals surface area contributed by atoms with E-state index >= 15 is 0 Å². The van der Waals surface area contributed by atoms with E-state index in [4.69, 9.17) is 4.74 Å². The molecule has 1 fully saturated rings. The van der Waals surface area contributed by atoms with Gasteiger partial charge in [0.15, 0.2) is 6.61 Å². The summed E-state index contributed by atoms with van der Waals surface area (Å²) in [5.41, 5.74) is 0.616. The summed E-state index contributed by atoms with van der Waals surface area (Å²) >= 11 is 0. The van der Waals surface area contributed by atoms with Crippen molar-refractivity contribution in [1.29, 1.82) is 0 Å². The average molecular weight is 365 g/mol. The first kappa shape index (κ1) is 19.2. The zero-order valence-corrected chi connectivity index (χ0v) is 15.9. The summed E-state index contributed by atoms with van der Waals surface area (Å²) in [4.78, 5) is 27.3. The summed E-state index contributed by atoms with van der Waals surface area (Å²) in [6.07, 6.45) is 2.78.